The van der Waals surface area contributed by atoms with Crippen molar-refractivity contribution in [2.45, 2.75) is 29.4 Å². The van der Waals surface area contributed by atoms with Crippen LogP contribution >= 0.6 is 31.9 Å². The lowest BCUT2D eigenvalue weighted by molar-refractivity contribution is 0.603. The van der Waals surface area contributed by atoms with Crippen LogP contribution in [-0.4, -0.2) is 9.65 Å². The lowest BCUT2D eigenvalue weighted by atomic mass is 10.0. The molecule has 0 aliphatic rings. The summed E-state index contributed by atoms with van der Waals surface area (Å²) >= 11 is 6.76. The molecule has 0 aliphatic heterocycles. The summed E-state index contributed by atoms with van der Waals surface area (Å²) in [4.78, 5) is 0.266. The van der Waals surface area contributed by atoms with Crippen LogP contribution in [0.2, 0.25) is 0 Å². The maximum Gasteiger partial charge on any atom is 0.0711 e. The second-order valence-corrected chi connectivity index (χ2v) is 5.17. The third-order valence-corrected chi connectivity index (χ3v) is 3.16. The standard InChI is InChI=1S/C8H10Br2N2/c1-6(9)7(5-12)8(10)3-2-4-11/h6-8H,2-3H2,1H3. The van der Waals surface area contributed by atoms with Crippen molar-refractivity contribution in [3.05, 3.63) is 0 Å². The number of halogens is 2. The normalized spacial score (nSPS) is 17.1. The average molecular weight is 294 g/mol. The molecule has 0 saturated carbocycles. The molecule has 12 heavy (non-hydrogen) atoms. The lowest BCUT2D eigenvalue weighted by Crippen LogP contribution is -2.20. The maximum absolute atomic E-state index is 8.77. The second-order valence-electron chi connectivity index (χ2n) is 2.55. The van der Waals surface area contributed by atoms with Gasteiger partial charge in [0.2, 0.25) is 0 Å². The molecule has 4 heteroatoms. The third kappa shape index (κ3) is 4.09. The summed E-state index contributed by atoms with van der Waals surface area (Å²) in [6.45, 7) is 1.94. The van der Waals surface area contributed by atoms with E-state index in [1.165, 1.54) is 0 Å². The summed E-state index contributed by atoms with van der Waals surface area (Å²) in [6, 6.07) is 4.27. The Labute approximate surface area is 89.8 Å². The van der Waals surface area contributed by atoms with Crippen molar-refractivity contribution < 1.29 is 0 Å². The Hall–Kier alpha value is -0.0600. The molecule has 0 fully saturated rings. The van der Waals surface area contributed by atoms with Crippen molar-refractivity contribution in [3.8, 4) is 12.1 Å². The number of hydrogen-bond donors (Lipinski definition) is 0. The molecule has 0 radical (unpaired) electrons. The van der Waals surface area contributed by atoms with Crippen molar-refractivity contribution >= 4 is 31.9 Å². The minimum atomic E-state index is -0.0710. The van der Waals surface area contributed by atoms with E-state index in [2.05, 4.69) is 44.0 Å². The molecule has 0 rings (SSSR count). The van der Waals surface area contributed by atoms with Crippen molar-refractivity contribution in [2.75, 3.05) is 0 Å². The van der Waals surface area contributed by atoms with Gasteiger partial charge in [0.25, 0.3) is 0 Å². The fourth-order valence-corrected chi connectivity index (χ4v) is 2.55. The van der Waals surface area contributed by atoms with Gasteiger partial charge in [0.05, 0.1) is 18.1 Å². The van der Waals surface area contributed by atoms with E-state index in [1.807, 2.05) is 6.92 Å². The molecule has 0 aliphatic carbocycles. The van der Waals surface area contributed by atoms with Gasteiger partial charge in [0.1, 0.15) is 0 Å². The molecule has 0 heterocycles. The highest BCUT2D eigenvalue weighted by Gasteiger charge is 2.22. The smallest absolute Gasteiger partial charge is 0.0711 e. The molecule has 0 saturated heterocycles. The van der Waals surface area contributed by atoms with Crippen LogP contribution in [0.15, 0.2) is 0 Å². The first-order valence-electron chi connectivity index (χ1n) is 3.68. The van der Waals surface area contributed by atoms with E-state index >= 15 is 0 Å². The Kier molecular flexibility index (Phi) is 6.42. The first kappa shape index (κ1) is 11.9. The Morgan fingerprint density at radius 1 is 1.33 bits per heavy atom. The van der Waals surface area contributed by atoms with Crippen molar-refractivity contribution in [2.24, 2.45) is 5.92 Å². The summed E-state index contributed by atoms with van der Waals surface area (Å²) in [5.41, 5.74) is 0. The zero-order chi connectivity index (χ0) is 9.56. The first-order valence-corrected chi connectivity index (χ1v) is 5.51. The average Bonchev–Trinajstić information content (AvgIpc) is 2.01. The van der Waals surface area contributed by atoms with E-state index in [-0.39, 0.29) is 15.6 Å². The maximum atomic E-state index is 8.77. The van der Waals surface area contributed by atoms with E-state index in [0.29, 0.717) is 6.42 Å². The van der Waals surface area contributed by atoms with Crippen molar-refractivity contribution in [3.63, 3.8) is 0 Å². The van der Waals surface area contributed by atoms with Gasteiger partial charge in [-0.15, -0.1) is 0 Å². The van der Waals surface area contributed by atoms with Gasteiger partial charge < -0.3 is 0 Å². The number of rotatable bonds is 4. The molecule has 0 aromatic rings. The van der Waals surface area contributed by atoms with Gasteiger partial charge in [-0.3, -0.25) is 0 Å². The van der Waals surface area contributed by atoms with Gasteiger partial charge in [-0.05, 0) is 6.42 Å². The minimum Gasteiger partial charge on any atom is -0.198 e. The van der Waals surface area contributed by atoms with Gasteiger partial charge in [-0.25, -0.2) is 0 Å². The topological polar surface area (TPSA) is 47.6 Å². The second kappa shape index (κ2) is 6.46. The summed E-state index contributed by atoms with van der Waals surface area (Å²) in [6.07, 6.45) is 1.22. The summed E-state index contributed by atoms with van der Waals surface area (Å²) in [7, 11) is 0. The van der Waals surface area contributed by atoms with Gasteiger partial charge in [-0.2, -0.15) is 10.5 Å². The zero-order valence-electron chi connectivity index (χ0n) is 6.80. The lowest BCUT2D eigenvalue weighted by Gasteiger charge is -2.16. The SMILES string of the molecule is CC(Br)C(C#N)C(Br)CCC#N. The molecular formula is C8H10Br2N2. The Morgan fingerprint density at radius 3 is 2.25 bits per heavy atom. The monoisotopic (exact) mass is 292 g/mol. The third-order valence-electron chi connectivity index (χ3n) is 1.57. The molecule has 0 spiro atoms. The van der Waals surface area contributed by atoms with E-state index < -0.39 is 0 Å². The minimum absolute atomic E-state index is 0.0710. The van der Waals surface area contributed by atoms with Crippen LogP contribution in [0.3, 0.4) is 0 Å². The van der Waals surface area contributed by atoms with Crippen LogP contribution in [0, 0.1) is 28.6 Å². The molecule has 0 amide bonds. The molecule has 0 N–H and O–H groups in total. The molecule has 3 atom stereocenters. The quantitative estimate of drug-likeness (QED) is 0.748. The molecule has 66 valence electrons. The fourth-order valence-electron chi connectivity index (χ4n) is 0.853. The number of alkyl halides is 2. The van der Waals surface area contributed by atoms with Gasteiger partial charge in [0, 0.05) is 16.1 Å². The molecule has 2 nitrogen and oxygen atoms in total. The highest BCUT2D eigenvalue weighted by atomic mass is 79.9. The van der Waals surface area contributed by atoms with Crippen LogP contribution < -0.4 is 0 Å². The predicted molar refractivity (Wildman–Crippen MR) is 55.1 cm³/mol. The largest absolute Gasteiger partial charge is 0.198 e. The number of hydrogen-bond acceptors (Lipinski definition) is 2. The van der Waals surface area contributed by atoms with Gasteiger partial charge in [-0.1, -0.05) is 38.8 Å². The van der Waals surface area contributed by atoms with Crippen LogP contribution in [0.4, 0.5) is 0 Å². The fraction of sp³-hybridized carbons (Fsp3) is 0.750. The molecule has 3 unspecified atom stereocenters. The van der Waals surface area contributed by atoms with Crippen LogP contribution in [0.5, 0.6) is 0 Å². The van der Waals surface area contributed by atoms with Crippen LogP contribution in [0.1, 0.15) is 19.8 Å². The van der Waals surface area contributed by atoms with Gasteiger partial charge in [0.15, 0.2) is 0 Å². The summed E-state index contributed by atoms with van der Waals surface area (Å²) in [5, 5.41) is 17.1. The van der Waals surface area contributed by atoms with Crippen molar-refractivity contribution in [1.82, 2.24) is 0 Å². The highest BCUT2D eigenvalue weighted by molar-refractivity contribution is 9.10. The molecular weight excluding hydrogens is 284 g/mol. The Bertz CT molecular complexity index is 202. The summed E-state index contributed by atoms with van der Waals surface area (Å²) in [5.74, 6) is -0.0710. The van der Waals surface area contributed by atoms with E-state index in [1.54, 1.807) is 0 Å². The zero-order valence-corrected chi connectivity index (χ0v) is 9.97. The summed E-state index contributed by atoms with van der Waals surface area (Å²) < 4.78 is 0. The highest BCUT2D eigenvalue weighted by Crippen LogP contribution is 2.24. The van der Waals surface area contributed by atoms with E-state index in [0.717, 1.165) is 6.42 Å². The Balaban J connectivity index is 3.98. The molecule has 0 bridgehead atoms. The number of nitriles is 2. The van der Waals surface area contributed by atoms with Crippen molar-refractivity contribution in [1.29, 1.82) is 10.5 Å². The molecule has 0 aromatic carbocycles. The molecule has 0 aromatic heterocycles. The van der Waals surface area contributed by atoms with Crippen LogP contribution in [0.25, 0.3) is 0 Å². The predicted octanol–water partition coefficient (Wildman–Crippen LogP) is 2.98. The van der Waals surface area contributed by atoms with Gasteiger partial charge >= 0.3 is 0 Å². The Morgan fingerprint density at radius 2 is 1.92 bits per heavy atom. The van der Waals surface area contributed by atoms with E-state index in [9.17, 15) is 0 Å². The van der Waals surface area contributed by atoms with Crippen LogP contribution in [-0.2, 0) is 0 Å². The first-order chi connectivity index (χ1) is 5.63. The van der Waals surface area contributed by atoms with E-state index in [4.69, 9.17) is 10.5 Å². The number of nitrogens with zero attached hydrogens (tertiary/aromatic N) is 2.